The van der Waals surface area contributed by atoms with Gasteiger partial charge in [-0.25, -0.2) is 13.8 Å². The molecular weight excluding hydrogens is 312 g/mol. The van der Waals surface area contributed by atoms with E-state index in [0.717, 1.165) is 17.0 Å². The number of hydrogen-bond acceptors (Lipinski definition) is 5. The lowest BCUT2D eigenvalue weighted by Gasteiger charge is -2.08. The Kier molecular flexibility index (Phi) is 5.53. The molecule has 1 heterocycles. The van der Waals surface area contributed by atoms with Crippen LogP contribution in [-0.4, -0.2) is 30.6 Å². The third kappa shape index (κ3) is 4.30. The van der Waals surface area contributed by atoms with Crippen LogP contribution in [0.5, 0.6) is 0 Å². The van der Waals surface area contributed by atoms with Crippen LogP contribution in [0.3, 0.4) is 0 Å². The molecule has 8 heteroatoms. The van der Waals surface area contributed by atoms with Crippen molar-refractivity contribution in [2.24, 2.45) is 5.73 Å². The first-order valence-corrected chi connectivity index (χ1v) is 7.25. The highest BCUT2D eigenvalue weighted by Crippen LogP contribution is 2.22. The summed E-state index contributed by atoms with van der Waals surface area (Å²) in [5, 5.41) is 2.98. The van der Waals surface area contributed by atoms with Crippen LogP contribution in [-0.2, 0) is 16.0 Å². The normalized spacial score (nSPS) is 12.2. The molecule has 3 N–H and O–H groups in total. The number of thiazole rings is 1. The SMILES string of the molecule is COCC(N)C(=O)Nc1ncc(Cc2ccc(F)c(F)c2)s1. The first-order valence-electron chi connectivity index (χ1n) is 6.43. The molecule has 1 amide bonds. The van der Waals surface area contributed by atoms with Crippen molar-refractivity contribution in [1.82, 2.24) is 4.98 Å². The number of rotatable bonds is 6. The fourth-order valence-corrected chi connectivity index (χ4v) is 2.60. The predicted octanol–water partition coefficient (Wildman–Crippen LogP) is 1.92. The molecule has 2 aromatic rings. The number of carbonyl (C=O) groups excluding carboxylic acids is 1. The van der Waals surface area contributed by atoms with Crippen LogP contribution in [0.25, 0.3) is 0 Å². The Bertz CT molecular complexity index is 663. The molecule has 5 nitrogen and oxygen atoms in total. The summed E-state index contributed by atoms with van der Waals surface area (Å²) in [5.41, 5.74) is 6.22. The minimum absolute atomic E-state index is 0.110. The Hall–Kier alpha value is -1.90. The van der Waals surface area contributed by atoms with Crippen molar-refractivity contribution >= 4 is 22.4 Å². The molecule has 0 saturated carbocycles. The Morgan fingerprint density at radius 2 is 2.23 bits per heavy atom. The highest BCUT2D eigenvalue weighted by atomic mass is 32.1. The summed E-state index contributed by atoms with van der Waals surface area (Å²) in [6.45, 7) is 0.110. The number of methoxy groups -OCH3 is 1. The molecule has 0 bridgehead atoms. The van der Waals surface area contributed by atoms with Gasteiger partial charge in [-0.1, -0.05) is 6.07 Å². The van der Waals surface area contributed by atoms with Crippen LogP contribution in [0, 0.1) is 11.6 Å². The number of anilines is 1. The second-order valence-electron chi connectivity index (χ2n) is 4.61. The summed E-state index contributed by atoms with van der Waals surface area (Å²) in [5.74, 6) is -2.16. The minimum atomic E-state index is -0.888. The molecule has 1 aromatic heterocycles. The van der Waals surface area contributed by atoms with E-state index in [1.165, 1.54) is 24.5 Å². The number of hydrogen-bond donors (Lipinski definition) is 2. The maximum absolute atomic E-state index is 13.2. The van der Waals surface area contributed by atoms with E-state index in [1.54, 1.807) is 6.20 Å². The van der Waals surface area contributed by atoms with Crippen LogP contribution < -0.4 is 11.1 Å². The van der Waals surface area contributed by atoms with Crippen molar-refractivity contribution in [2.75, 3.05) is 19.0 Å². The van der Waals surface area contributed by atoms with Crippen molar-refractivity contribution < 1.29 is 18.3 Å². The van der Waals surface area contributed by atoms with E-state index in [4.69, 9.17) is 10.5 Å². The van der Waals surface area contributed by atoms with Gasteiger partial charge in [0.15, 0.2) is 16.8 Å². The van der Waals surface area contributed by atoms with Crippen molar-refractivity contribution in [3.63, 3.8) is 0 Å². The van der Waals surface area contributed by atoms with Gasteiger partial charge in [0.05, 0.1) is 6.61 Å². The lowest BCUT2D eigenvalue weighted by molar-refractivity contribution is -0.118. The lowest BCUT2D eigenvalue weighted by atomic mass is 10.1. The number of nitrogens with two attached hydrogens (primary N) is 1. The van der Waals surface area contributed by atoms with Gasteiger partial charge in [-0.3, -0.25) is 4.79 Å². The Balaban J connectivity index is 1.99. The summed E-state index contributed by atoms with van der Waals surface area (Å²) < 4.78 is 30.8. The molecule has 0 spiro atoms. The fourth-order valence-electron chi connectivity index (χ4n) is 1.75. The minimum Gasteiger partial charge on any atom is -0.383 e. The molecule has 1 atom stereocenters. The van der Waals surface area contributed by atoms with Gasteiger partial charge in [0, 0.05) is 24.6 Å². The molecule has 0 aliphatic carbocycles. The summed E-state index contributed by atoms with van der Waals surface area (Å²) >= 11 is 1.25. The van der Waals surface area contributed by atoms with E-state index in [9.17, 15) is 13.6 Å². The molecule has 118 valence electrons. The Labute approximate surface area is 130 Å². The van der Waals surface area contributed by atoms with Gasteiger partial charge < -0.3 is 15.8 Å². The molecule has 0 fully saturated rings. The highest BCUT2D eigenvalue weighted by Gasteiger charge is 2.15. The number of nitrogens with zero attached hydrogens (tertiary/aromatic N) is 1. The van der Waals surface area contributed by atoms with E-state index in [2.05, 4.69) is 10.3 Å². The van der Waals surface area contributed by atoms with Gasteiger partial charge in [0.2, 0.25) is 5.91 Å². The maximum atomic E-state index is 13.2. The maximum Gasteiger partial charge on any atom is 0.245 e. The number of aromatic nitrogens is 1. The third-order valence-electron chi connectivity index (χ3n) is 2.83. The number of halogens is 2. The summed E-state index contributed by atoms with van der Waals surface area (Å²) in [6.07, 6.45) is 1.97. The van der Waals surface area contributed by atoms with Crippen LogP contribution in [0.4, 0.5) is 13.9 Å². The van der Waals surface area contributed by atoms with Crippen molar-refractivity contribution in [3.8, 4) is 0 Å². The Morgan fingerprint density at radius 1 is 1.45 bits per heavy atom. The number of nitrogens with one attached hydrogen (secondary N) is 1. The van der Waals surface area contributed by atoms with Gasteiger partial charge in [-0.15, -0.1) is 11.3 Å². The summed E-state index contributed by atoms with van der Waals surface area (Å²) in [4.78, 5) is 16.6. The molecule has 2 rings (SSSR count). The standard InChI is InChI=1S/C14H15F2N3O2S/c1-21-7-12(17)13(20)19-14-18-6-9(22-14)4-8-2-3-10(15)11(16)5-8/h2-3,5-6,12H,4,7,17H2,1H3,(H,18,19,20). The molecular formula is C14H15F2N3O2S. The first kappa shape index (κ1) is 16.5. The largest absolute Gasteiger partial charge is 0.383 e. The molecule has 0 aliphatic heterocycles. The summed E-state index contributed by atoms with van der Waals surface area (Å²) in [7, 11) is 1.45. The van der Waals surface area contributed by atoms with Gasteiger partial charge in [0.25, 0.3) is 0 Å². The topological polar surface area (TPSA) is 77.2 Å². The average Bonchev–Trinajstić information content (AvgIpc) is 2.90. The van der Waals surface area contributed by atoms with Crippen LogP contribution >= 0.6 is 11.3 Å². The van der Waals surface area contributed by atoms with Crippen molar-refractivity contribution in [1.29, 1.82) is 0 Å². The number of ether oxygens (including phenoxy) is 1. The van der Waals surface area contributed by atoms with E-state index < -0.39 is 23.6 Å². The molecule has 1 aromatic carbocycles. The number of amides is 1. The van der Waals surface area contributed by atoms with Gasteiger partial charge in [-0.05, 0) is 17.7 Å². The lowest BCUT2D eigenvalue weighted by Crippen LogP contribution is -2.39. The van der Waals surface area contributed by atoms with Crippen molar-refractivity contribution in [2.45, 2.75) is 12.5 Å². The second-order valence-corrected chi connectivity index (χ2v) is 5.72. The second kappa shape index (κ2) is 7.39. The van der Waals surface area contributed by atoms with Gasteiger partial charge in [0.1, 0.15) is 6.04 Å². The Morgan fingerprint density at radius 3 is 2.91 bits per heavy atom. The number of benzene rings is 1. The summed E-state index contributed by atoms with van der Waals surface area (Å²) in [6, 6.07) is 2.95. The molecule has 1 unspecified atom stereocenters. The van der Waals surface area contributed by atoms with Gasteiger partial charge >= 0.3 is 0 Å². The smallest absolute Gasteiger partial charge is 0.245 e. The molecule has 0 radical (unpaired) electrons. The zero-order chi connectivity index (χ0) is 16.1. The highest BCUT2D eigenvalue weighted by molar-refractivity contribution is 7.15. The van der Waals surface area contributed by atoms with Crippen LogP contribution in [0.2, 0.25) is 0 Å². The van der Waals surface area contributed by atoms with Crippen molar-refractivity contribution in [3.05, 3.63) is 46.5 Å². The third-order valence-corrected chi connectivity index (χ3v) is 3.74. The predicted molar refractivity (Wildman–Crippen MR) is 79.8 cm³/mol. The molecule has 0 saturated heterocycles. The first-order chi connectivity index (χ1) is 10.5. The molecule has 0 aliphatic rings. The van der Waals surface area contributed by atoms with Crippen LogP contribution in [0.15, 0.2) is 24.4 Å². The number of carbonyl (C=O) groups is 1. The zero-order valence-corrected chi connectivity index (χ0v) is 12.6. The van der Waals surface area contributed by atoms with Crippen LogP contribution in [0.1, 0.15) is 10.4 Å². The van der Waals surface area contributed by atoms with E-state index in [1.807, 2.05) is 0 Å². The fraction of sp³-hybridized carbons (Fsp3) is 0.286. The zero-order valence-electron chi connectivity index (χ0n) is 11.8. The molecule has 22 heavy (non-hydrogen) atoms. The van der Waals surface area contributed by atoms with E-state index in [0.29, 0.717) is 17.1 Å². The van der Waals surface area contributed by atoms with E-state index in [-0.39, 0.29) is 6.61 Å². The van der Waals surface area contributed by atoms with E-state index >= 15 is 0 Å². The quantitative estimate of drug-likeness (QED) is 0.850. The monoisotopic (exact) mass is 327 g/mol. The average molecular weight is 327 g/mol. The van der Waals surface area contributed by atoms with Gasteiger partial charge in [-0.2, -0.15) is 0 Å².